The number of hydrogen-bond donors (Lipinski definition) is 2. The number of nitrogens with one attached hydrogen (secondary N) is 1. The zero-order valence-electron chi connectivity index (χ0n) is 10.9. The first-order chi connectivity index (χ1) is 9.84. The Kier molecular flexibility index (Phi) is 5.70. The molecule has 0 aliphatic heterocycles. The van der Waals surface area contributed by atoms with Crippen LogP contribution in [0.2, 0.25) is 0 Å². The van der Waals surface area contributed by atoms with Gasteiger partial charge in [-0.2, -0.15) is 4.39 Å². The normalized spacial score (nSPS) is 10.2. The lowest BCUT2D eigenvalue weighted by atomic mass is 10.1. The predicted octanol–water partition coefficient (Wildman–Crippen LogP) is 1.26. The van der Waals surface area contributed by atoms with Gasteiger partial charge in [-0.05, 0) is 18.9 Å². The highest BCUT2D eigenvalue weighted by atomic mass is 19.1. The first kappa shape index (κ1) is 16.5. The van der Waals surface area contributed by atoms with Crippen molar-refractivity contribution in [2.45, 2.75) is 19.3 Å². The maximum atomic E-state index is 13.7. The molecule has 7 nitrogen and oxygen atoms in total. The standard InChI is InChI=1S/C12H13F2N3O4/c13-7-4-5-8(17(20)21)11(14)10(7)12(19)16-6-2-1-3-9(15)18/h4-5H,1-3,6H2,(H2,15,18)(H,16,19). The zero-order chi connectivity index (χ0) is 16.0. The summed E-state index contributed by atoms with van der Waals surface area (Å²) in [6.45, 7) is 0.0632. The van der Waals surface area contributed by atoms with Gasteiger partial charge in [0.25, 0.3) is 5.91 Å². The van der Waals surface area contributed by atoms with Gasteiger partial charge in [-0.25, -0.2) is 4.39 Å². The molecule has 3 N–H and O–H groups in total. The highest BCUT2D eigenvalue weighted by molar-refractivity contribution is 5.95. The summed E-state index contributed by atoms with van der Waals surface area (Å²) in [5.74, 6) is -4.28. The number of nitrogens with zero attached hydrogens (tertiary/aromatic N) is 1. The average molecular weight is 301 g/mol. The highest BCUT2D eigenvalue weighted by Gasteiger charge is 2.25. The Balaban J connectivity index is 2.72. The number of halogens is 2. The van der Waals surface area contributed by atoms with Crippen LogP contribution in [0, 0.1) is 21.7 Å². The fourth-order valence-corrected chi connectivity index (χ4v) is 1.61. The Morgan fingerprint density at radius 2 is 1.95 bits per heavy atom. The molecular weight excluding hydrogens is 288 g/mol. The fourth-order valence-electron chi connectivity index (χ4n) is 1.61. The van der Waals surface area contributed by atoms with Crippen LogP contribution in [0.15, 0.2) is 12.1 Å². The van der Waals surface area contributed by atoms with E-state index in [9.17, 15) is 28.5 Å². The molecule has 0 saturated carbocycles. The van der Waals surface area contributed by atoms with Crippen molar-refractivity contribution in [1.29, 1.82) is 0 Å². The average Bonchev–Trinajstić information content (AvgIpc) is 2.37. The Hall–Kier alpha value is -2.58. The van der Waals surface area contributed by atoms with E-state index in [1.807, 2.05) is 0 Å². The zero-order valence-corrected chi connectivity index (χ0v) is 10.9. The Labute approximate surface area is 118 Å². The number of nitrogens with two attached hydrogens (primary N) is 1. The van der Waals surface area contributed by atoms with Crippen molar-refractivity contribution in [2.24, 2.45) is 5.73 Å². The lowest BCUT2D eigenvalue weighted by molar-refractivity contribution is -0.387. The van der Waals surface area contributed by atoms with E-state index < -0.39 is 39.6 Å². The predicted molar refractivity (Wildman–Crippen MR) is 68.4 cm³/mol. The highest BCUT2D eigenvalue weighted by Crippen LogP contribution is 2.22. The minimum absolute atomic E-state index is 0.0632. The van der Waals surface area contributed by atoms with Crippen LogP contribution in [0.4, 0.5) is 14.5 Å². The summed E-state index contributed by atoms with van der Waals surface area (Å²) < 4.78 is 27.2. The van der Waals surface area contributed by atoms with Crippen LogP contribution in [0.1, 0.15) is 29.6 Å². The molecule has 114 valence electrons. The van der Waals surface area contributed by atoms with Crippen molar-refractivity contribution in [1.82, 2.24) is 5.32 Å². The molecule has 0 unspecified atom stereocenters. The third-order valence-electron chi connectivity index (χ3n) is 2.63. The maximum absolute atomic E-state index is 13.7. The number of primary amides is 1. The molecule has 0 heterocycles. The molecular formula is C12H13F2N3O4. The summed E-state index contributed by atoms with van der Waals surface area (Å²) in [4.78, 5) is 31.6. The molecule has 0 saturated heterocycles. The third-order valence-corrected chi connectivity index (χ3v) is 2.63. The van der Waals surface area contributed by atoms with Gasteiger partial charge in [0.05, 0.1) is 4.92 Å². The smallest absolute Gasteiger partial charge is 0.305 e. The minimum Gasteiger partial charge on any atom is -0.370 e. The van der Waals surface area contributed by atoms with Gasteiger partial charge in [0.2, 0.25) is 11.7 Å². The van der Waals surface area contributed by atoms with Gasteiger partial charge >= 0.3 is 5.69 Å². The number of unbranched alkanes of at least 4 members (excludes halogenated alkanes) is 1. The summed E-state index contributed by atoms with van der Waals surface area (Å²) in [5.41, 5.74) is 2.94. The van der Waals surface area contributed by atoms with E-state index in [0.717, 1.165) is 0 Å². The van der Waals surface area contributed by atoms with Gasteiger partial charge in [-0.3, -0.25) is 19.7 Å². The molecule has 1 rings (SSSR count). The molecule has 1 aromatic carbocycles. The SMILES string of the molecule is NC(=O)CCCCNC(=O)c1c(F)ccc([N+](=O)[O-])c1F. The van der Waals surface area contributed by atoms with Gasteiger partial charge in [0.1, 0.15) is 11.4 Å². The topological polar surface area (TPSA) is 115 Å². The van der Waals surface area contributed by atoms with Gasteiger partial charge in [-0.1, -0.05) is 0 Å². The second-order valence-electron chi connectivity index (χ2n) is 4.19. The van der Waals surface area contributed by atoms with Gasteiger partial charge in [-0.15, -0.1) is 0 Å². The monoisotopic (exact) mass is 301 g/mol. The van der Waals surface area contributed by atoms with Gasteiger partial charge in [0, 0.05) is 19.0 Å². The molecule has 2 amide bonds. The number of hydrogen-bond acceptors (Lipinski definition) is 4. The summed E-state index contributed by atoms with van der Waals surface area (Å²) in [7, 11) is 0. The lowest BCUT2D eigenvalue weighted by Crippen LogP contribution is -2.27. The van der Waals surface area contributed by atoms with Crippen LogP contribution in [0.25, 0.3) is 0 Å². The van der Waals surface area contributed by atoms with Crippen LogP contribution in [-0.2, 0) is 4.79 Å². The Morgan fingerprint density at radius 3 is 2.52 bits per heavy atom. The second kappa shape index (κ2) is 7.27. The van der Waals surface area contributed by atoms with E-state index in [2.05, 4.69) is 5.32 Å². The largest absolute Gasteiger partial charge is 0.370 e. The van der Waals surface area contributed by atoms with Gasteiger partial charge < -0.3 is 11.1 Å². The Morgan fingerprint density at radius 1 is 1.29 bits per heavy atom. The van der Waals surface area contributed by atoms with E-state index in [1.54, 1.807) is 0 Å². The molecule has 0 spiro atoms. The number of amides is 2. The third kappa shape index (κ3) is 4.48. The summed E-state index contributed by atoms with van der Waals surface area (Å²) in [6, 6.07) is 1.30. The molecule has 9 heteroatoms. The number of nitro benzene ring substituents is 1. The second-order valence-corrected chi connectivity index (χ2v) is 4.19. The van der Waals surface area contributed by atoms with Crippen molar-refractivity contribution in [2.75, 3.05) is 6.54 Å². The van der Waals surface area contributed by atoms with E-state index in [0.29, 0.717) is 25.0 Å². The van der Waals surface area contributed by atoms with Crippen LogP contribution in [-0.4, -0.2) is 23.3 Å². The van der Waals surface area contributed by atoms with Crippen molar-refractivity contribution >= 4 is 17.5 Å². The molecule has 0 aromatic heterocycles. The summed E-state index contributed by atoms with van der Waals surface area (Å²) in [5, 5.41) is 12.8. The number of nitro groups is 1. The molecule has 0 radical (unpaired) electrons. The van der Waals surface area contributed by atoms with Crippen LogP contribution in [0.3, 0.4) is 0 Å². The van der Waals surface area contributed by atoms with E-state index >= 15 is 0 Å². The van der Waals surface area contributed by atoms with E-state index in [1.165, 1.54) is 0 Å². The first-order valence-electron chi connectivity index (χ1n) is 6.03. The van der Waals surface area contributed by atoms with Crippen molar-refractivity contribution < 1.29 is 23.3 Å². The van der Waals surface area contributed by atoms with Crippen molar-refractivity contribution in [3.63, 3.8) is 0 Å². The van der Waals surface area contributed by atoms with E-state index in [-0.39, 0.29) is 13.0 Å². The first-order valence-corrected chi connectivity index (χ1v) is 6.03. The van der Waals surface area contributed by atoms with Crippen LogP contribution < -0.4 is 11.1 Å². The lowest BCUT2D eigenvalue weighted by Gasteiger charge is -2.07. The Bertz CT molecular complexity index is 578. The summed E-state index contributed by atoms with van der Waals surface area (Å²) >= 11 is 0. The van der Waals surface area contributed by atoms with Crippen LogP contribution in [0.5, 0.6) is 0 Å². The molecule has 0 aliphatic carbocycles. The minimum atomic E-state index is -1.52. The molecule has 0 atom stereocenters. The molecule has 21 heavy (non-hydrogen) atoms. The molecule has 1 aromatic rings. The van der Waals surface area contributed by atoms with Crippen LogP contribution >= 0.6 is 0 Å². The van der Waals surface area contributed by atoms with Crippen molar-refractivity contribution in [3.8, 4) is 0 Å². The maximum Gasteiger partial charge on any atom is 0.305 e. The van der Waals surface area contributed by atoms with Gasteiger partial charge in [0.15, 0.2) is 0 Å². The molecule has 0 fully saturated rings. The van der Waals surface area contributed by atoms with E-state index in [4.69, 9.17) is 5.73 Å². The number of rotatable bonds is 7. The number of benzene rings is 1. The number of carbonyl (C=O) groups excluding carboxylic acids is 2. The number of carbonyl (C=O) groups is 2. The molecule has 0 aliphatic rings. The molecule has 0 bridgehead atoms. The fraction of sp³-hybridized carbons (Fsp3) is 0.333. The quantitative estimate of drug-likeness (QED) is 0.448. The van der Waals surface area contributed by atoms with Crippen molar-refractivity contribution in [3.05, 3.63) is 39.4 Å². The summed E-state index contributed by atoms with van der Waals surface area (Å²) in [6.07, 6.45) is 0.928.